The molecule has 2 rings (SSSR count). The molecule has 0 radical (unpaired) electrons. The zero-order chi connectivity index (χ0) is 21.6. The molecular weight excluding hydrogens is 376 g/mol. The van der Waals surface area contributed by atoms with E-state index in [4.69, 9.17) is 28.4 Å². The molecule has 0 fully saturated rings. The second-order valence-corrected chi connectivity index (χ2v) is 6.01. The van der Waals surface area contributed by atoms with E-state index in [0.717, 1.165) is 0 Å². The fraction of sp³-hybridized carbons (Fsp3) is 0.318. The Morgan fingerprint density at radius 2 is 1.03 bits per heavy atom. The Hall–Kier alpha value is -3.35. The summed E-state index contributed by atoms with van der Waals surface area (Å²) in [6.07, 6.45) is 1.72. The van der Waals surface area contributed by atoms with Gasteiger partial charge in [-0.25, -0.2) is 0 Å². The van der Waals surface area contributed by atoms with Crippen molar-refractivity contribution < 1.29 is 33.2 Å². The minimum atomic E-state index is -0.223. The summed E-state index contributed by atoms with van der Waals surface area (Å²) in [5.41, 5.74) is 1.51. The number of allylic oxidation sites excluding steroid dienone is 1. The number of ketones is 1. The van der Waals surface area contributed by atoms with E-state index < -0.39 is 0 Å². The second-order valence-electron chi connectivity index (χ2n) is 6.01. The zero-order valence-corrected chi connectivity index (χ0v) is 17.7. The summed E-state index contributed by atoms with van der Waals surface area (Å²) in [7, 11) is 9.17. The van der Waals surface area contributed by atoms with Crippen molar-refractivity contribution in [1.29, 1.82) is 0 Å². The molecule has 7 heteroatoms. The molecule has 29 heavy (non-hydrogen) atoms. The molecule has 2 aromatic carbocycles. The van der Waals surface area contributed by atoms with Crippen LogP contribution in [0.2, 0.25) is 0 Å². The first-order chi connectivity index (χ1) is 13.9. The lowest BCUT2D eigenvalue weighted by atomic mass is 10.00. The van der Waals surface area contributed by atoms with Crippen LogP contribution in [0.5, 0.6) is 34.5 Å². The van der Waals surface area contributed by atoms with Crippen LogP contribution in [0.4, 0.5) is 0 Å². The highest BCUT2D eigenvalue weighted by atomic mass is 16.5. The van der Waals surface area contributed by atoms with Gasteiger partial charge in [0.25, 0.3) is 0 Å². The molecule has 0 aliphatic rings. The number of carbonyl (C=O) groups is 1. The first-order valence-electron chi connectivity index (χ1n) is 8.77. The molecule has 0 heterocycles. The molecular formula is C22H26O7. The van der Waals surface area contributed by atoms with E-state index >= 15 is 0 Å². The van der Waals surface area contributed by atoms with Crippen LogP contribution in [0.1, 0.15) is 22.8 Å². The maximum absolute atomic E-state index is 13.1. The van der Waals surface area contributed by atoms with Gasteiger partial charge in [-0.1, -0.05) is 0 Å². The lowest BCUT2D eigenvalue weighted by Gasteiger charge is -2.14. The topological polar surface area (TPSA) is 72.5 Å². The maximum Gasteiger partial charge on any atom is 0.192 e. The Labute approximate surface area is 170 Å². The first kappa shape index (κ1) is 21.9. The van der Waals surface area contributed by atoms with Crippen molar-refractivity contribution in [2.24, 2.45) is 0 Å². The van der Waals surface area contributed by atoms with Gasteiger partial charge in [-0.15, -0.1) is 0 Å². The van der Waals surface area contributed by atoms with Crippen LogP contribution in [0.15, 0.2) is 29.8 Å². The minimum Gasteiger partial charge on any atom is -0.496 e. The van der Waals surface area contributed by atoms with Crippen LogP contribution >= 0.6 is 0 Å². The van der Waals surface area contributed by atoms with Crippen molar-refractivity contribution >= 4 is 11.9 Å². The molecule has 0 N–H and O–H groups in total. The highest BCUT2D eigenvalue weighted by molar-refractivity contribution is 6.13. The van der Waals surface area contributed by atoms with Crippen molar-refractivity contribution in [2.75, 3.05) is 42.7 Å². The number of carbonyl (C=O) groups excluding carboxylic acids is 1. The van der Waals surface area contributed by atoms with E-state index in [-0.39, 0.29) is 5.78 Å². The number of rotatable bonds is 9. The summed E-state index contributed by atoms with van der Waals surface area (Å²) in [5, 5.41) is 0. The van der Waals surface area contributed by atoms with Gasteiger partial charge in [0.1, 0.15) is 11.5 Å². The van der Waals surface area contributed by atoms with E-state index in [0.29, 0.717) is 51.2 Å². The van der Waals surface area contributed by atoms with Gasteiger partial charge >= 0.3 is 0 Å². The third kappa shape index (κ3) is 4.56. The summed E-state index contributed by atoms with van der Waals surface area (Å²) in [4.78, 5) is 13.1. The van der Waals surface area contributed by atoms with Crippen molar-refractivity contribution in [1.82, 2.24) is 0 Å². The highest BCUT2D eigenvalue weighted by Crippen LogP contribution is 2.38. The predicted octanol–water partition coefficient (Wildman–Crippen LogP) is 4.02. The van der Waals surface area contributed by atoms with Gasteiger partial charge in [0.2, 0.25) is 0 Å². The van der Waals surface area contributed by atoms with Crippen LogP contribution in [-0.2, 0) is 0 Å². The van der Waals surface area contributed by atoms with E-state index in [1.807, 2.05) is 0 Å². The molecule has 0 saturated carbocycles. The van der Waals surface area contributed by atoms with Gasteiger partial charge in [0.15, 0.2) is 28.8 Å². The van der Waals surface area contributed by atoms with E-state index in [1.54, 1.807) is 58.6 Å². The molecule has 0 unspecified atom stereocenters. The smallest absolute Gasteiger partial charge is 0.192 e. The predicted molar refractivity (Wildman–Crippen MR) is 110 cm³/mol. The van der Waals surface area contributed by atoms with Crippen molar-refractivity contribution in [3.63, 3.8) is 0 Å². The monoisotopic (exact) mass is 402 g/mol. The van der Waals surface area contributed by atoms with Gasteiger partial charge < -0.3 is 28.4 Å². The van der Waals surface area contributed by atoms with Crippen molar-refractivity contribution in [3.05, 3.63) is 41.0 Å². The standard InChI is InChI=1S/C22H26O7/c1-13(8-14-9-18(26-4)20(28-6)11-16(14)24-2)22(23)15-10-19(27-5)21(29-7)12-17(15)25-3/h8-12H,1-7H3/b13-8+. The quantitative estimate of drug-likeness (QED) is 0.463. The molecule has 0 spiro atoms. The molecule has 0 aromatic heterocycles. The van der Waals surface area contributed by atoms with E-state index in [1.165, 1.54) is 21.3 Å². The van der Waals surface area contributed by atoms with E-state index in [9.17, 15) is 4.79 Å². The minimum absolute atomic E-state index is 0.223. The number of benzene rings is 2. The second kappa shape index (κ2) is 9.73. The molecule has 0 aliphatic carbocycles. The zero-order valence-electron chi connectivity index (χ0n) is 17.7. The molecule has 0 bridgehead atoms. The van der Waals surface area contributed by atoms with Crippen LogP contribution in [0, 0.1) is 0 Å². The fourth-order valence-corrected chi connectivity index (χ4v) is 2.88. The van der Waals surface area contributed by atoms with Crippen molar-refractivity contribution in [3.8, 4) is 34.5 Å². The molecule has 0 amide bonds. The number of methoxy groups -OCH3 is 6. The summed E-state index contributed by atoms with van der Waals surface area (Å²) >= 11 is 0. The summed E-state index contributed by atoms with van der Waals surface area (Å²) in [6, 6.07) is 6.68. The SMILES string of the molecule is COc1cc(OC)c(OC)cc1/C=C(\C)C(=O)c1cc(OC)c(OC)cc1OC. The third-order valence-corrected chi connectivity index (χ3v) is 4.42. The average Bonchev–Trinajstić information content (AvgIpc) is 2.76. The number of Topliss-reactive ketones (excluding diaryl/α,β-unsaturated/α-hetero) is 1. The lowest BCUT2D eigenvalue weighted by Crippen LogP contribution is -2.05. The van der Waals surface area contributed by atoms with Crippen molar-refractivity contribution in [2.45, 2.75) is 6.92 Å². The van der Waals surface area contributed by atoms with E-state index in [2.05, 4.69) is 0 Å². The molecule has 0 atom stereocenters. The number of ether oxygens (including phenoxy) is 6. The van der Waals surface area contributed by atoms with Crippen LogP contribution in [0.3, 0.4) is 0 Å². The summed E-state index contributed by atoms with van der Waals surface area (Å²) < 4.78 is 32.0. The largest absolute Gasteiger partial charge is 0.496 e. The molecule has 7 nitrogen and oxygen atoms in total. The first-order valence-corrected chi connectivity index (χ1v) is 8.77. The van der Waals surface area contributed by atoms with Gasteiger partial charge in [0, 0.05) is 17.7 Å². The maximum atomic E-state index is 13.1. The number of hydrogen-bond acceptors (Lipinski definition) is 7. The fourth-order valence-electron chi connectivity index (χ4n) is 2.88. The number of hydrogen-bond donors (Lipinski definition) is 0. The Kier molecular flexibility index (Phi) is 7.36. The molecule has 0 saturated heterocycles. The Morgan fingerprint density at radius 3 is 1.52 bits per heavy atom. The summed E-state index contributed by atoms with van der Waals surface area (Å²) in [6.45, 7) is 1.72. The molecule has 156 valence electrons. The average molecular weight is 402 g/mol. The van der Waals surface area contributed by atoms with Crippen LogP contribution in [-0.4, -0.2) is 48.4 Å². The molecule has 2 aromatic rings. The Bertz CT molecular complexity index is 916. The van der Waals surface area contributed by atoms with Gasteiger partial charge in [-0.2, -0.15) is 0 Å². The Balaban J connectivity index is 2.54. The third-order valence-electron chi connectivity index (χ3n) is 4.42. The van der Waals surface area contributed by atoms with Gasteiger partial charge in [-0.3, -0.25) is 4.79 Å². The van der Waals surface area contributed by atoms with Gasteiger partial charge in [0.05, 0.1) is 48.2 Å². The van der Waals surface area contributed by atoms with Crippen LogP contribution in [0.25, 0.3) is 6.08 Å². The Morgan fingerprint density at radius 1 is 0.621 bits per heavy atom. The summed E-state index contributed by atoms with van der Waals surface area (Å²) in [5.74, 6) is 2.70. The lowest BCUT2D eigenvalue weighted by molar-refractivity contribution is 0.103. The molecule has 0 aliphatic heterocycles. The highest BCUT2D eigenvalue weighted by Gasteiger charge is 2.20. The normalized spacial score (nSPS) is 10.9. The van der Waals surface area contributed by atoms with Gasteiger partial charge in [-0.05, 0) is 30.7 Å². The van der Waals surface area contributed by atoms with Crippen LogP contribution < -0.4 is 28.4 Å².